The number of fused-ring (bicyclic) bond motifs is 1. The maximum Gasteiger partial charge on any atom is 0.303 e. The van der Waals surface area contributed by atoms with Gasteiger partial charge >= 0.3 is 5.97 Å². The first kappa shape index (κ1) is 24.8. The summed E-state index contributed by atoms with van der Waals surface area (Å²) in [5, 5.41) is 11.8. The van der Waals surface area contributed by atoms with Crippen molar-refractivity contribution in [2.45, 2.75) is 18.9 Å². The fourth-order valence-electron chi connectivity index (χ4n) is 4.49. The number of nitrogens with one attached hydrogen (secondary N) is 2. The van der Waals surface area contributed by atoms with Crippen molar-refractivity contribution < 1.29 is 14.7 Å². The van der Waals surface area contributed by atoms with Crippen molar-refractivity contribution in [2.24, 2.45) is 0 Å². The van der Waals surface area contributed by atoms with Crippen LogP contribution in [0.5, 0.6) is 0 Å². The number of aromatic amines is 1. The lowest BCUT2D eigenvalue weighted by atomic mass is 9.94. The number of hydrogen-bond acceptors (Lipinski definition) is 4. The second-order valence-corrected chi connectivity index (χ2v) is 9.96. The minimum absolute atomic E-state index is 0.189. The molecule has 3 aromatic carbocycles. The standard InChI is InChI=1S/C28H21BrClN3O4/c29-18-8-6-16(7-9-18)23-15-22(32-33(23)24(34)12-13-25(35)36)27-26(17-4-2-1-3-5-17)20-14-19(30)10-11-21(20)31-28(27)37/h1-11,14-15,23,32H,12-13H2,(H,31,37)(H,35,36)/t23-/m1/s1. The number of nitrogens with zero attached hydrogens (tertiary/aromatic N) is 1. The van der Waals surface area contributed by atoms with E-state index in [0.717, 1.165) is 21.0 Å². The van der Waals surface area contributed by atoms with E-state index in [9.17, 15) is 14.4 Å². The molecule has 0 bridgehead atoms. The lowest BCUT2D eigenvalue weighted by Crippen LogP contribution is -2.40. The molecule has 7 nitrogen and oxygen atoms in total. The highest BCUT2D eigenvalue weighted by molar-refractivity contribution is 9.10. The third kappa shape index (κ3) is 5.03. The van der Waals surface area contributed by atoms with Crippen molar-refractivity contribution in [2.75, 3.05) is 0 Å². The molecule has 186 valence electrons. The predicted octanol–water partition coefficient (Wildman–Crippen LogP) is 5.90. The molecule has 37 heavy (non-hydrogen) atoms. The number of halogens is 2. The van der Waals surface area contributed by atoms with Crippen LogP contribution in [0.3, 0.4) is 0 Å². The Kier molecular flexibility index (Phi) is 6.86. The van der Waals surface area contributed by atoms with Gasteiger partial charge in [-0.15, -0.1) is 0 Å². The smallest absolute Gasteiger partial charge is 0.303 e. The Morgan fingerprint density at radius 3 is 2.41 bits per heavy atom. The Balaban J connectivity index is 1.70. The van der Waals surface area contributed by atoms with Gasteiger partial charge in [-0.1, -0.05) is 70.0 Å². The van der Waals surface area contributed by atoms with Gasteiger partial charge < -0.3 is 10.1 Å². The number of hydrogen-bond donors (Lipinski definition) is 3. The van der Waals surface area contributed by atoms with Crippen molar-refractivity contribution in [3.05, 3.63) is 110 Å². The Morgan fingerprint density at radius 1 is 0.973 bits per heavy atom. The minimum atomic E-state index is -1.06. The normalized spacial score (nSPS) is 14.9. The van der Waals surface area contributed by atoms with Crippen molar-refractivity contribution in [3.63, 3.8) is 0 Å². The van der Waals surface area contributed by atoms with Crippen LogP contribution in [-0.4, -0.2) is 27.0 Å². The zero-order valence-electron chi connectivity index (χ0n) is 19.4. The molecular formula is C28H21BrClN3O4. The van der Waals surface area contributed by atoms with Crippen molar-refractivity contribution >= 4 is 56.0 Å². The van der Waals surface area contributed by atoms with E-state index in [-0.39, 0.29) is 18.4 Å². The first-order chi connectivity index (χ1) is 17.8. The number of aromatic nitrogens is 1. The summed E-state index contributed by atoms with van der Waals surface area (Å²) in [4.78, 5) is 40.7. The van der Waals surface area contributed by atoms with E-state index in [0.29, 0.717) is 27.4 Å². The summed E-state index contributed by atoms with van der Waals surface area (Å²) in [6.45, 7) is 0. The summed E-state index contributed by atoms with van der Waals surface area (Å²) in [7, 11) is 0. The average Bonchev–Trinajstić information content (AvgIpc) is 3.32. The number of amides is 1. The molecule has 1 aliphatic rings. The Morgan fingerprint density at radius 2 is 1.70 bits per heavy atom. The highest BCUT2D eigenvalue weighted by atomic mass is 79.9. The van der Waals surface area contributed by atoms with Crippen LogP contribution in [0.2, 0.25) is 5.02 Å². The van der Waals surface area contributed by atoms with Crippen LogP contribution in [0.1, 0.15) is 30.0 Å². The third-order valence-electron chi connectivity index (χ3n) is 6.18. The number of rotatable bonds is 6. The zero-order valence-corrected chi connectivity index (χ0v) is 21.7. The van der Waals surface area contributed by atoms with Crippen LogP contribution >= 0.6 is 27.5 Å². The van der Waals surface area contributed by atoms with Crippen LogP contribution in [0, 0.1) is 0 Å². The molecule has 4 aromatic rings. The Bertz CT molecular complexity index is 1600. The van der Waals surface area contributed by atoms with Gasteiger partial charge in [0.2, 0.25) is 5.91 Å². The summed E-state index contributed by atoms with van der Waals surface area (Å²) < 4.78 is 0.879. The molecule has 0 fully saturated rings. The van der Waals surface area contributed by atoms with Gasteiger partial charge in [0.1, 0.15) is 0 Å². The fourth-order valence-corrected chi connectivity index (χ4v) is 4.93. The highest BCUT2D eigenvalue weighted by Crippen LogP contribution is 2.38. The van der Waals surface area contributed by atoms with Crippen molar-refractivity contribution in [1.82, 2.24) is 15.4 Å². The van der Waals surface area contributed by atoms with E-state index < -0.39 is 17.9 Å². The van der Waals surface area contributed by atoms with Gasteiger partial charge in [0, 0.05) is 32.4 Å². The number of benzene rings is 3. The predicted molar refractivity (Wildman–Crippen MR) is 147 cm³/mol. The van der Waals surface area contributed by atoms with Crippen LogP contribution in [0.4, 0.5) is 0 Å². The highest BCUT2D eigenvalue weighted by Gasteiger charge is 2.33. The van der Waals surface area contributed by atoms with E-state index in [4.69, 9.17) is 16.7 Å². The molecule has 0 unspecified atom stereocenters. The summed E-state index contributed by atoms with van der Waals surface area (Å²) in [6.07, 6.45) is 1.32. The number of carbonyl (C=O) groups is 2. The van der Waals surface area contributed by atoms with E-state index in [1.807, 2.05) is 60.7 Å². The van der Waals surface area contributed by atoms with Gasteiger partial charge in [-0.05, 0) is 47.5 Å². The van der Waals surface area contributed by atoms with Crippen LogP contribution in [-0.2, 0) is 9.59 Å². The second-order valence-electron chi connectivity index (χ2n) is 8.61. The van der Waals surface area contributed by atoms with E-state index in [1.165, 1.54) is 5.01 Å². The molecular weight excluding hydrogens is 558 g/mol. The quantitative estimate of drug-likeness (QED) is 0.264. The molecule has 0 aliphatic carbocycles. The first-order valence-corrected chi connectivity index (χ1v) is 12.7. The molecule has 1 aliphatic heterocycles. The number of carboxylic acid groups (broad SMARTS) is 1. The molecule has 9 heteroatoms. The van der Waals surface area contributed by atoms with Gasteiger partial charge in [0.05, 0.1) is 23.7 Å². The molecule has 0 radical (unpaired) electrons. The van der Waals surface area contributed by atoms with Crippen molar-refractivity contribution in [1.29, 1.82) is 0 Å². The van der Waals surface area contributed by atoms with Gasteiger partial charge in [-0.3, -0.25) is 19.8 Å². The zero-order chi connectivity index (χ0) is 26.1. The molecule has 1 atom stereocenters. The Hall–Kier alpha value is -3.88. The lowest BCUT2D eigenvalue weighted by molar-refractivity contribution is -0.142. The van der Waals surface area contributed by atoms with Crippen molar-refractivity contribution in [3.8, 4) is 11.1 Å². The molecule has 1 aromatic heterocycles. The number of aliphatic carboxylic acids is 1. The van der Waals surface area contributed by atoms with E-state index >= 15 is 0 Å². The van der Waals surface area contributed by atoms with Gasteiger partial charge in [-0.25, -0.2) is 5.01 Å². The van der Waals surface area contributed by atoms with Gasteiger partial charge in [0.15, 0.2) is 0 Å². The maximum absolute atomic E-state index is 13.5. The summed E-state index contributed by atoms with van der Waals surface area (Å²) in [6, 6.07) is 21.7. The molecule has 3 N–H and O–H groups in total. The summed E-state index contributed by atoms with van der Waals surface area (Å²) >= 11 is 9.77. The fraction of sp³-hybridized carbons (Fsp3) is 0.107. The molecule has 2 heterocycles. The Labute approximate surface area is 225 Å². The average molecular weight is 579 g/mol. The first-order valence-electron chi connectivity index (χ1n) is 11.5. The van der Waals surface area contributed by atoms with E-state index in [2.05, 4.69) is 26.3 Å². The van der Waals surface area contributed by atoms with Gasteiger partial charge in [0.25, 0.3) is 5.56 Å². The maximum atomic E-state index is 13.5. The molecule has 5 rings (SSSR count). The largest absolute Gasteiger partial charge is 0.481 e. The number of carbonyl (C=O) groups excluding carboxylic acids is 1. The number of pyridine rings is 1. The third-order valence-corrected chi connectivity index (χ3v) is 6.95. The van der Waals surface area contributed by atoms with Crippen LogP contribution in [0.25, 0.3) is 27.7 Å². The number of carboxylic acids is 1. The van der Waals surface area contributed by atoms with Gasteiger partial charge in [-0.2, -0.15) is 0 Å². The monoisotopic (exact) mass is 577 g/mol. The number of hydrazine groups is 1. The molecule has 0 saturated carbocycles. The number of H-pyrrole nitrogens is 1. The van der Waals surface area contributed by atoms with Crippen LogP contribution in [0.15, 0.2) is 88.1 Å². The summed E-state index contributed by atoms with van der Waals surface area (Å²) in [5.74, 6) is -1.46. The molecule has 1 amide bonds. The topological polar surface area (TPSA) is 102 Å². The van der Waals surface area contributed by atoms with Crippen LogP contribution < -0.4 is 11.0 Å². The molecule has 0 saturated heterocycles. The summed E-state index contributed by atoms with van der Waals surface area (Å²) in [5.41, 5.74) is 6.51. The second kappa shape index (κ2) is 10.2. The minimum Gasteiger partial charge on any atom is -0.481 e. The van der Waals surface area contributed by atoms with E-state index in [1.54, 1.807) is 18.2 Å². The SMILES string of the molecule is O=C(O)CCC(=O)N1NC(c2c(-c3ccccc3)c3cc(Cl)ccc3[nH]c2=O)=C[C@@H]1c1ccc(Br)cc1. The molecule has 0 spiro atoms. The lowest BCUT2D eigenvalue weighted by Gasteiger charge is -2.25.